The van der Waals surface area contributed by atoms with Crippen LogP contribution in [0.1, 0.15) is 5.56 Å². The van der Waals surface area contributed by atoms with Gasteiger partial charge in [0, 0.05) is 5.75 Å². The lowest BCUT2D eigenvalue weighted by molar-refractivity contribution is 1.64. The lowest BCUT2D eigenvalue weighted by Gasteiger charge is -2.16. The predicted octanol–water partition coefficient (Wildman–Crippen LogP) is 3.17. The topological polar surface area (TPSA) is 0 Å². The molecule has 0 atom stereocenters. The van der Waals surface area contributed by atoms with E-state index in [-0.39, 0.29) is 0 Å². The Kier molecular flexibility index (Phi) is 4.02. The molecule has 0 saturated carbocycles. The highest BCUT2D eigenvalue weighted by Crippen LogP contribution is 2.06. The Labute approximate surface area is 93.5 Å². The number of hydrogen-bond donors (Lipinski definition) is 1. The van der Waals surface area contributed by atoms with Gasteiger partial charge in [0.15, 0.2) is 0 Å². The van der Waals surface area contributed by atoms with Crippen LogP contribution in [0.4, 0.5) is 0 Å². The standard InChI is InChI=1S/C12H18SSi/c1-14(2,3)12-8-4-6-11(10-12)7-5-9-13/h4-8,10,13H,9H2,1-3H3. The minimum absolute atomic E-state index is 0.803. The molecule has 0 aliphatic heterocycles. The first-order valence-corrected chi connectivity index (χ1v) is 9.05. The lowest BCUT2D eigenvalue weighted by atomic mass is 10.2. The molecule has 2 heteroatoms. The Balaban J connectivity index is 2.96. The zero-order valence-corrected chi connectivity index (χ0v) is 11.0. The first-order chi connectivity index (χ1) is 6.54. The van der Waals surface area contributed by atoms with Crippen LogP contribution < -0.4 is 5.19 Å². The Morgan fingerprint density at radius 1 is 1.29 bits per heavy atom. The van der Waals surface area contributed by atoms with Gasteiger partial charge in [0.1, 0.15) is 0 Å². The molecule has 0 fully saturated rings. The third-order valence-corrected chi connectivity index (χ3v) is 4.42. The van der Waals surface area contributed by atoms with E-state index in [0.29, 0.717) is 0 Å². The fourth-order valence-electron chi connectivity index (χ4n) is 1.30. The Bertz CT molecular complexity index is 323. The van der Waals surface area contributed by atoms with E-state index in [1.165, 1.54) is 10.8 Å². The van der Waals surface area contributed by atoms with Gasteiger partial charge in [-0.1, -0.05) is 61.2 Å². The van der Waals surface area contributed by atoms with Gasteiger partial charge in [-0.15, -0.1) is 0 Å². The number of hydrogen-bond acceptors (Lipinski definition) is 1. The molecule has 0 bridgehead atoms. The Hall–Kier alpha value is -0.473. The smallest absolute Gasteiger partial charge is 0.0776 e. The van der Waals surface area contributed by atoms with Crippen LogP contribution in [0, 0.1) is 0 Å². The third kappa shape index (κ3) is 3.35. The van der Waals surface area contributed by atoms with E-state index >= 15 is 0 Å². The Morgan fingerprint density at radius 2 is 2.00 bits per heavy atom. The predicted molar refractivity (Wildman–Crippen MR) is 72.3 cm³/mol. The molecular weight excluding hydrogens is 204 g/mol. The molecule has 1 rings (SSSR count). The SMILES string of the molecule is C[Si](C)(C)c1cccc(C=CCS)c1. The van der Waals surface area contributed by atoms with Crippen molar-refractivity contribution in [3.8, 4) is 0 Å². The average molecular weight is 222 g/mol. The molecule has 14 heavy (non-hydrogen) atoms. The van der Waals surface area contributed by atoms with Crippen molar-refractivity contribution in [3.63, 3.8) is 0 Å². The molecule has 0 aliphatic rings. The summed E-state index contributed by atoms with van der Waals surface area (Å²) < 4.78 is 0. The summed E-state index contributed by atoms with van der Waals surface area (Å²) in [6.07, 6.45) is 4.21. The van der Waals surface area contributed by atoms with Gasteiger partial charge in [-0.25, -0.2) is 0 Å². The maximum absolute atomic E-state index is 4.16. The second-order valence-corrected chi connectivity index (χ2v) is 9.90. The van der Waals surface area contributed by atoms with Crippen molar-refractivity contribution in [3.05, 3.63) is 35.9 Å². The summed E-state index contributed by atoms with van der Waals surface area (Å²) in [7, 11) is -1.16. The molecule has 0 nitrogen and oxygen atoms in total. The minimum Gasteiger partial charge on any atom is -0.175 e. The molecule has 0 saturated heterocycles. The molecule has 0 heterocycles. The van der Waals surface area contributed by atoms with Crippen molar-refractivity contribution in [2.24, 2.45) is 0 Å². The molecule has 0 amide bonds. The van der Waals surface area contributed by atoms with E-state index in [1.54, 1.807) is 0 Å². The highest BCUT2D eigenvalue weighted by molar-refractivity contribution is 7.80. The van der Waals surface area contributed by atoms with Gasteiger partial charge in [0.25, 0.3) is 0 Å². The molecule has 0 unspecified atom stereocenters. The van der Waals surface area contributed by atoms with Gasteiger partial charge >= 0.3 is 0 Å². The van der Waals surface area contributed by atoms with Gasteiger partial charge in [-0.3, -0.25) is 0 Å². The quantitative estimate of drug-likeness (QED) is 0.589. The first kappa shape index (κ1) is 11.6. The van der Waals surface area contributed by atoms with Crippen molar-refractivity contribution in [2.75, 3.05) is 5.75 Å². The first-order valence-electron chi connectivity index (χ1n) is 4.92. The lowest BCUT2D eigenvalue weighted by Crippen LogP contribution is -2.37. The fourth-order valence-corrected chi connectivity index (χ4v) is 2.60. The summed E-state index contributed by atoms with van der Waals surface area (Å²) in [5.74, 6) is 0.803. The van der Waals surface area contributed by atoms with Crippen LogP contribution >= 0.6 is 12.6 Å². The van der Waals surface area contributed by atoms with Gasteiger partial charge in [0.05, 0.1) is 8.07 Å². The van der Waals surface area contributed by atoms with Gasteiger partial charge < -0.3 is 0 Å². The maximum atomic E-state index is 4.16. The highest BCUT2D eigenvalue weighted by atomic mass is 32.1. The normalized spacial score (nSPS) is 12.3. The van der Waals surface area contributed by atoms with Crippen LogP contribution in [-0.2, 0) is 0 Å². The van der Waals surface area contributed by atoms with E-state index in [0.717, 1.165) is 5.75 Å². The summed E-state index contributed by atoms with van der Waals surface area (Å²) in [4.78, 5) is 0. The van der Waals surface area contributed by atoms with Crippen LogP contribution in [0.15, 0.2) is 30.3 Å². The molecule has 0 aliphatic carbocycles. The van der Waals surface area contributed by atoms with Gasteiger partial charge in [-0.2, -0.15) is 12.6 Å². The second kappa shape index (κ2) is 4.85. The summed E-state index contributed by atoms with van der Waals surface area (Å²) in [6, 6.07) is 8.83. The highest BCUT2D eigenvalue weighted by Gasteiger charge is 2.15. The average Bonchev–Trinajstić information content (AvgIpc) is 2.14. The summed E-state index contributed by atoms with van der Waals surface area (Å²) >= 11 is 4.16. The molecule has 0 radical (unpaired) electrons. The van der Waals surface area contributed by atoms with Gasteiger partial charge in [0.2, 0.25) is 0 Å². The van der Waals surface area contributed by atoms with Crippen molar-refractivity contribution in [1.82, 2.24) is 0 Å². The summed E-state index contributed by atoms with van der Waals surface area (Å²) in [6.45, 7) is 7.11. The van der Waals surface area contributed by atoms with E-state index < -0.39 is 8.07 Å². The molecule has 0 N–H and O–H groups in total. The van der Waals surface area contributed by atoms with E-state index in [4.69, 9.17) is 0 Å². The van der Waals surface area contributed by atoms with Crippen LogP contribution in [0.25, 0.3) is 6.08 Å². The molecule has 0 spiro atoms. The second-order valence-electron chi connectivity index (χ2n) is 4.46. The molecule has 0 aromatic heterocycles. The van der Waals surface area contributed by atoms with E-state index in [2.05, 4.69) is 68.7 Å². The molecule has 1 aromatic carbocycles. The van der Waals surface area contributed by atoms with Crippen molar-refractivity contribution in [2.45, 2.75) is 19.6 Å². The largest absolute Gasteiger partial charge is 0.175 e. The van der Waals surface area contributed by atoms with E-state index in [1.807, 2.05) is 0 Å². The van der Waals surface area contributed by atoms with Gasteiger partial charge in [-0.05, 0) is 5.56 Å². The Morgan fingerprint density at radius 3 is 2.57 bits per heavy atom. The van der Waals surface area contributed by atoms with Crippen LogP contribution in [0.3, 0.4) is 0 Å². The maximum Gasteiger partial charge on any atom is 0.0776 e. The van der Waals surface area contributed by atoms with Crippen LogP contribution in [-0.4, -0.2) is 13.8 Å². The zero-order chi connectivity index (χ0) is 10.6. The monoisotopic (exact) mass is 222 g/mol. The number of rotatable bonds is 3. The van der Waals surface area contributed by atoms with Crippen LogP contribution in [0.2, 0.25) is 19.6 Å². The summed E-state index contributed by atoms with van der Waals surface area (Å²) in [5.41, 5.74) is 1.29. The fraction of sp³-hybridized carbons (Fsp3) is 0.333. The minimum atomic E-state index is -1.16. The van der Waals surface area contributed by atoms with Crippen molar-refractivity contribution >= 4 is 32.0 Å². The molecule has 1 aromatic rings. The summed E-state index contributed by atoms with van der Waals surface area (Å²) in [5, 5.41) is 1.51. The van der Waals surface area contributed by atoms with Crippen molar-refractivity contribution in [1.29, 1.82) is 0 Å². The molecular formula is C12H18SSi. The van der Waals surface area contributed by atoms with Crippen LogP contribution in [0.5, 0.6) is 0 Å². The number of benzene rings is 1. The molecule has 76 valence electrons. The van der Waals surface area contributed by atoms with E-state index in [9.17, 15) is 0 Å². The van der Waals surface area contributed by atoms with Crippen molar-refractivity contribution < 1.29 is 0 Å². The zero-order valence-electron chi connectivity index (χ0n) is 9.12. The third-order valence-electron chi connectivity index (χ3n) is 2.17. The number of thiol groups is 1.